The molecule has 3 rings (SSSR count). The molecule has 0 atom stereocenters. The fourth-order valence-electron chi connectivity index (χ4n) is 4.50. The van der Waals surface area contributed by atoms with Gasteiger partial charge >= 0.3 is 12.2 Å². The van der Waals surface area contributed by atoms with Crippen molar-refractivity contribution in [3.05, 3.63) is 95.1 Å². The van der Waals surface area contributed by atoms with Crippen LogP contribution in [0.25, 0.3) is 0 Å². The summed E-state index contributed by atoms with van der Waals surface area (Å²) in [6.45, 7) is 9.14. The standard InChI is InChI=1S/C34H40N6O6/c1-7-35-29(39(9-3)33(43)45-5)23-15-19-27(20-16-23)37-31(41)25-11-13-26(14-12-25)32(42)38-28-21-17-24(18-22-28)30(36-8-2)40(10-4)34(44)46-6/h11-22H,7-10H2,1-6H3,(H,37,41)(H,38,42). The molecule has 0 aromatic heterocycles. The van der Waals surface area contributed by atoms with Gasteiger partial charge in [0.2, 0.25) is 0 Å². The maximum atomic E-state index is 12.9. The lowest BCUT2D eigenvalue weighted by Crippen LogP contribution is -2.37. The molecule has 0 aliphatic rings. The van der Waals surface area contributed by atoms with Crippen LogP contribution in [0.15, 0.2) is 82.8 Å². The third-order valence-corrected chi connectivity index (χ3v) is 6.76. The minimum Gasteiger partial charge on any atom is -0.452 e. The topological polar surface area (TPSA) is 142 Å². The molecule has 0 heterocycles. The molecular weight excluding hydrogens is 588 g/mol. The highest BCUT2D eigenvalue weighted by Crippen LogP contribution is 2.17. The average Bonchev–Trinajstić information content (AvgIpc) is 3.08. The zero-order valence-corrected chi connectivity index (χ0v) is 27.0. The molecular formula is C34H40N6O6. The molecule has 12 heteroatoms. The van der Waals surface area contributed by atoms with Crippen LogP contribution in [-0.4, -0.2) is 85.9 Å². The number of benzene rings is 3. The van der Waals surface area contributed by atoms with E-state index < -0.39 is 12.2 Å². The third-order valence-electron chi connectivity index (χ3n) is 6.76. The van der Waals surface area contributed by atoms with Gasteiger partial charge < -0.3 is 20.1 Å². The SMILES string of the molecule is CCN=C(c1ccc(NC(=O)c2ccc(C(=O)Nc3ccc(C(=NCC)N(CC)C(=O)OC)cc3)cc2)cc1)N(CC)C(=O)OC. The lowest BCUT2D eigenvalue weighted by molar-refractivity contribution is 0.101. The number of carbonyl (C=O) groups excluding carboxylic acids is 4. The molecule has 0 bridgehead atoms. The van der Waals surface area contributed by atoms with Crippen molar-refractivity contribution in [2.45, 2.75) is 27.7 Å². The number of hydrogen-bond donors (Lipinski definition) is 2. The smallest absolute Gasteiger partial charge is 0.415 e. The summed E-state index contributed by atoms with van der Waals surface area (Å²) in [5.41, 5.74) is 3.25. The quantitative estimate of drug-likeness (QED) is 0.212. The van der Waals surface area contributed by atoms with Crippen molar-refractivity contribution in [3.8, 4) is 0 Å². The van der Waals surface area contributed by atoms with E-state index in [0.717, 1.165) is 0 Å². The Morgan fingerprint density at radius 2 is 0.848 bits per heavy atom. The number of ether oxygens (including phenoxy) is 2. The van der Waals surface area contributed by atoms with Crippen molar-refractivity contribution in [2.75, 3.05) is 51.0 Å². The summed E-state index contributed by atoms with van der Waals surface area (Å²) in [7, 11) is 2.64. The first kappa shape index (κ1) is 35.0. The summed E-state index contributed by atoms with van der Waals surface area (Å²) in [5.74, 6) is 0.271. The molecule has 12 nitrogen and oxygen atoms in total. The number of methoxy groups -OCH3 is 2. The third kappa shape index (κ3) is 8.78. The lowest BCUT2D eigenvalue weighted by atomic mass is 10.1. The van der Waals surface area contributed by atoms with Crippen LogP contribution in [0.2, 0.25) is 0 Å². The van der Waals surface area contributed by atoms with Gasteiger partial charge in [0.05, 0.1) is 14.2 Å². The van der Waals surface area contributed by atoms with Crippen molar-refractivity contribution in [1.29, 1.82) is 0 Å². The van der Waals surface area contributed by atoms with Crippen LogP contribution < -0.4 is 10.6 Å². The normalized spacial score (nSPS) is 11.3. The average molecular weight is 629 g/mol. The molecule has 0 fully saturated rings. The van der Waals surface area contributed by atoms with Crippen LogP contribution in [-0.2, 0) is 9.47 Å². The molecule has 4 amide bonds. The molecule has 0 aliphatic heterocycles. The van der Waals surface area contributed by atoms with E-state index in [4.69, 9.17) is 9.47 Å². The number of amidine groups is 2. The molecule has 0 unspecified atom stereocenters. The van der Waals surface area contributed by atoms with Crippen molar-refractivity contribution >= 4 is 47.0 Å². The lowest BCUT2D eigenvalue weighted by Gasteiger charge is -2.21. The van der Waals surface area contributed by atoms with Gasteiger partial charge in [0.1, 0.15) is 11.7 Å². The molecule has 242 valence electrons. The van der Waals surface area contributed by atoms with Crippen LogP contribution in [0.4, 0.5) is 21.0 Å². The van der Waals surface area contributed by atoms with Gasteiger partial charge in [0, 0.05) is 59.8 Å². The van der Waals surface area contributed by atoms with Gasteiger partial charge in [0.25, 0.3) is 11.8 Å². The van der Waals surface area contributed by atoms with Crippen molar-refractivity contribution in [2.24, 2.45) is 9.98 Å². The Bertz CT molecular complexity index is 1450. The van der Waals surface area contributed by atoms with Crippen LogP contribution in [0.5, 0.6) is 0 Å². The Hall–Kier alpha value is -5.52. The number of rotatable bonds is 10. The van der Waals surface area contributed by atoms with E-state index in [-0.39, 0.29) is 11.8 Å². The summed E-state index contributed by atoms with van der Waals surface area (Å²) >= 11 is 0. The van der Waals surface area contributed by atoms with Gasteiger partial charge in [-0.1, -0.05) is 0 Å². The fraction of sp³-hybridized carbons (Fsp3) is 0.294. The Morgan fingerprint density at radius 1 is 0.543 bits per heavy atom. The van der Waals surface area contributed by atoms with Gasteiger partial charge in [-0.25, -0.2) is 9.59 Å². The molecule has 3 aromatic carbocycles. The summed E-state index contributed by atoms with van der Waals surface area (Å²) in [6.07, 6.45) is -1.01. The van der Waals surface area contributed by atoms with E-state index in [1.54, 1.807) is 72.8 Å². The largest absolute Gasteiger partial charge is 0.452 e. The summed E-state index contributed by atoms with van der Waals surface area (Å²) in [5, 5.41) is 5.68. The first-order valence-electron chi connectivity index (χ1n) is 14.9. The van der Waals surface area contributed by atoms with Crippen molar-refractivity contribution in [3.63, 3.8) is 0 Å². The van der Waals surface area contributed by atoms with Gasteiger partial charge in [-0.2, -0.15) is 0 Å². The van der Waals surface area contributed by atoms with E-state index in [1.807, 2.05) is 27.7 Å². The van der Waals surface area contributed by atoms with Crippen LogP contribution in [0.3, 0.4) is 0 Å². The van der Waals surface area contributed by atoms with Gasteiger partial charge in [-0.15, -0.1) is 0 Å². The number of nitrogens with zero attached hydrogens (tertiary/aromatic N) is 4. The first-order valence-corrected chi connectivity index (χ1v) is 14.9. The summed E-state index contributed by atoms with van der Waals surface area (Å²) < 4.78 is 9.75. The Balaban J connectivity index is 1.66. The van der Waals surface area contributed by atoms with Crippen molar-refractivity contribution in [1.82, 2.24) is 9.80 Å². The van der Waals surface area contributed by atoms with Crippen LogP contribution in [0, 0.1) is 0 Å². The molecule has 0 aliphatic carbocycles. The van der Waals surface area contributed by atoms with E-state index in [1.165, 1.54) is 24.0 Å². The maximum Gasteiger partial charge on any atom is 0.415 e. The Labute approximate surface area is 269 Å². The zero-order valence-electron chi connectivity index (χ0n) is 27.0. The highest BCUT2D eigenvalue weighted by atomic mass is 16.5. The summed E-state index contributed by atoms with van der Waals surface area (Å²) in [4.78, 5) is 62.0. The second-order valence-electron chi connectivity index (χ2n) is 9.66. The van der Waals surface area contributed by atoms with E-state index >= 15 is 0 Å². The minimum absolute atomic E-state index is 0.347. The Kier molecular flexibility index (Phi) is 13.0. The highest BCUT2D eigenvalue weighted by molar-refractivity contribution is 6.09. The van der Waals surface area contributed by atoms with Crippen LogP contribution >= 0.6 is 0 Å². The van der Waals surface area contributed by atoms with E-state index in [2.05, 4.69) is 20.6 Å². The maximum absolute atomic E-state index is 12.9. The second-order valence-corrected chi connectivity index (χ2v) is 9.66. The summed E-state index contributed by atoms with van der Waals surface area (Å²) in [6, 6.07) is 20.3. The van der Waals surface area contributed by atoms with Crippen molar-refractivity contribution < 1.29 is 28.7 Å². The van der Waals surface area contributed by atoms with Gasteiger partial charge in [-0.05, 0) is 100 Å². The number of anilines is 2. The number of nitrogens with one attached hydrogen (secondary N) is 2. The molecule has 0 saturated carbocycles. The molecule has 0 radical (unpaired) electrons. The molecule has 2 N–H and O–H groups in total. The predicted molar refractivity (Wildman–Crippen MR) is 179 cm³/mol. The monoisotopic (exact) mass is 628 g/mol. The van der Waals surface area contributed by atoms with E-state index in [0.29, 0.717) is 71.5 Å². The fourth-order valence-corrected chi connectivity index (χ4v) is 4.50. The second kappa shape index (κ2) is 17.1. The predicted octanol–water partition coefficient (Wildman–Crippen LogP) is 5.90. The van der Waals surface area contributed by atoms with Gasteiger partial charge in [0.15, 0.2) is 0 Å². The number of amides is 4. The van der Waals surface area contributed by atoms with E-state index in [9.17, 15) is 19.2 Å². The van der Waals surface area contributed by atoms with Gasteiger partial charge in [-0.3, -0.25) is 29.4 Å². The molecule has 0 saturated heterocycles. The number of carbonyl (C=O) groups is 4. The highest BCUT2D eigenvalue weighted by Gasteiger charge is 2.21. The number of hydrogen-bond acceptors (Lipinski definition) is 8. The molecule has 3 aromatic rings. The molecule has 0 spiro atoms. The van der Waals surface area contributed by atoms with Crippen LogP contribution in [0.1, 0.15) is 59.5 Å². The zero-order chi connectivity index (χ0) is 33.6. The number of aliphatic imine (C=N–C) groups is 2. The first-order chi connectivity index (χ1) is 22.2. The molecule has 46 heavy (non-hydrogen) atoms. The minimum atomic E-state index is -0.506. The Morgan fingerprint density at radius 3 is 1.11 bits per heavy atom.